The largest absolute Gasteiger partial charge is 0.457 e. The molecule has 1 amide bonds. The van der Waals surface area contributed by atoms with Crippen molar-refractivity contribution in [1.82, 2.24) is 10.3 Å². The fourth-order valence-electron chi connectivity index (χ4n) is 3.01. The second-order valence-corrected chi connectivity index (χ2v) is 6.96. The minimum Gasteiger partial charge on any atom is -0.457 e. The third-order valence-corrected chi connectivity index (χ3v) is 4.69. The van der Waals surface area contributed by atoms with Crippen LogP contribution in [-0.4, -0.2) is 10.9 Å². The number of nitrogens with one attached hydrogen (secondary N) is 1. The SMILES string of the molecule is Cc1ccc(CNC(=O)c2ccc3cc(Oc4ccc(C#N)cc4)ccc3n2)cc1. The van der Waals surface area contributed by atoms with Gasteiger partial charge in [-0.1, -0.05) is 35.9 Å². The van der Waals surface area contributed by atoms with Crippen LogP contribution in [0.1, 0.15) is 27.2 Å². The Morgan fingerprint density at radius 3 is 2.43 bits per heavy atom. The number of ether oxygens (including phenoxy) is 1. The Balaban J connectivity index is 1.46. The summed E-state index contributed by atoms with van der Waals surface area (Å²) < 4.78 is 5.84. The summed E-state index contributed by atoms with van der Waals surface area (Å²) in [5.74, 6) is 1.09. The van der Waals surface area contributed by atoms with Gasteiger partial charge in [0.25, 0.3) is 5.91 Å². The quantitative estimate of drug-likeness (QED) is 0.510. The molecular formula is C25H19N3O2. The lowest BCUT2D eigenvalue weighted by Crippen LogP contribution is -2.23. The number of aromatic nitrogens is 1. The molecule has 0 fully saturated rings. The van der Waals surface area contributed by atoms with Gasteiger partial charge < -0.3 is 10.1 Å². The number of pyridine rings is 1. The molecule has 5 nitrogen and oxygen atoms in total. The molecule has 0 aliphatic rings. The smallest absolute Gasteiger partial charge is 0.270 e. The number of amides is 1. The molecule has 30 heavy (non-hydrogen) atoms. The standard InChI is InChI=1S/C25H19N3O2/c1-17-2-4-19(5-3-17)16-27-25(29)24-12-8-20-14-22(11-13-23(20)28-24)30-21-9-6-18(15-26)7-10-21/h2-14H,16H2,1H3,(H,27,29). The Morgan fingerprint density at radius 1 is 0.967 bits per heavy atom. The van der Waals surface area contributed by atoms with Gasteiger partial charge in [-0.25, -0.2) is 4.98 Å². The third-order valence-electron chi connectivity index (χ3n) is 4.69. The van der Waals surface area contributed by atoms with E-state index < -0.39 is 0 Å². The third kappa shape index (κ3) is 4.45. The molecule has 0 radical (unpaired) electrons. The first-order valence-electron chi connectivity index (χ1n) is 9.53. The average Bonchev–Trinajstić information content (AvgIpc) is 2.78. The van der Waals surface area contributed by atoms with E-state index in [1.807, 2.05) is 55.5 Å². The molecule has 0 aliphatic heterocycles. The molecule has 146 valence electrons. The molecule has 1 N–H and O–H groups in total. The lowest BCUT2D eigenvalue weighted by molar-refractivity contribution is 0.0946. The van der Waals surface area contributed by atoms with Crippen LogP contribution in [0.25, 0.3) is 10.9 Å². The zero-order chi connectivity index (χ0) is 20.9. The number of nitriles is 1. The Morgan fingerprint density at radius 2 is 1.70 bits per heavy atom. The minimum absolute atomic E-state index is 0.213. The number of benzene rings is 3. The van der Waals surface area contributed by atoms with Gasteiger partial charge in [0.2, 0.25) is 0 Å². The maximum absolute atomic E-state index is 12.5. The number of carbonyl (C=O) groups excluding carboxylic acids is 1. The number of hydrogen-bond acceptors (Lipinski definition) is 4. The summed E-state index contributed by atoms with van der Waals surface area (Å²) in [5.41, 5.74) is 3.89. The predicted octanol–water partition coefficient (Wildman–Crippen LogP) is 5.14. The van der Waals surface area contributed by atoms with E-state index in [0.29, 0.717) is 34.8 Å². The Bertz CT molecular complexity index is 1240. The zero-order valence-electron chi connectivity index (χ0n) is 16.4. The van der Waals surface area contributed by atoms with Crippen molar-refractivity contribution < 1.29 is 9.53 Å². The molecule has 0 bridgehead atoms. The second kappa shape index (κ2) is 8.46. The molecule has 0 spiro atoms. The van der Waals surface area contributed by atoms with Crippen LogP contribution < -0.4 is 10.1 Å². The first-order chi connectivity index (χ1) is 14.6. The zero-order valence-corrected chi connectivity index (χ0v) is 16.4. The van der Waals surface area contributed by atoms with Crippen LogP contribution in [0.2, 0.25) is 0 Å². The van der Waals surface area contributed by atoms with E-state index in [2.05, 4.69) is 16.4 Å². The fraction of sp³-hybridized carbons (Fsp3) is 0.0800. The summed E-state index contributed by atoms with van der Waals surface area (Å²) in [6, 6.07) is 26.1. The highest BCUT2D eigenvalue weighted by Crippen LogP contribution is 2.25. The Hall–Kier alpha value is -4.17. The molecule has 4 aromatic rings. The maximum Gasteiger partial charge on any atom is 0.270 e. The normalized spacial score (nSPS) is 10.4. The molecule has 1 heterocycles. The van der Waals surface area contributed by atoms with Gasteiger partial charge in [0.1, 0.15) is 17.2 Å². The van der Waals surface area contributed by atoms with Gasteiger partial charge >= 0.3 is 0 Å². The van der Waals surface area contributed by atoms with Crippen LogP contribution in [0, 0.1) is 18.3 Å². The average molecular weight is 393 g/mol. The maximum atomic E-state index is 12.5. The molecule has 0 atom stereocenters. The molecule has 0 saturated carbocycles. The van der Waals surface area contributed by atoms with Crippen LogP contribution in [-0.2, 0) is 6.54 Å². The van der Waals surface area contributed by atoms with Gasteiger partial charge in [-0.3, -0.25) is 4.79 Å². The van der Waals surface area contributed by atoms with Crippen LogP contribution in [0.15, 0.2) is 78.9 Å². The lowest BCUT2D eigenvalue weighted by Gasteiger charge is -2.08. The molecule has 0 unspecified atom stereocenters. The van der Waals surface area contributed by atoms with Crippen LogP contribution in [0.5, 0.6) is 11.5 Å². The molecule has 0 aliphatic carbocycles. The van der Waals surface area contributed by atoms with E-state index >= 15 is 0 Å². The fourth-order valence-corrected chi connectivity index (χ4v) is 3.01. The summed E-state index contributed by atoms with van der Waals surface area (Å²) in [5, 5.41) is 12.6. The van der Waals surface area contributed by atoms with Crippen molar-refractivity contribution in [2.24, 2.45) is 0 Å². The van der Waals surface area contributed by atoms with Gasteiger partial charge in [-0.05, 0) is 61.0 Å². The monoisotopic (exact) mass is 393 g/mol. The second-order valence-electron chi connectivity index (χ2n) is 6.96. The summed E-state index contributed by atoms with van der Waals surface area (Å²) in [6.45, 7) is 2.48. The predicted molar refractivity (Wildman–Crippen MR) is 115 cm³/mol. The topological polar surface area (TPSA) is 75.0 Å². The van der Waals surface area contributed by atoms with Crippen LogP contribution >= 0.6 is 0 Å². The first kappa shape index (κ1) is 19.2. The van der Waals surface area contributed by atoms with Crippen molar-refractivity contribution in [3.63, 3.8) is 0 Å². The van der Waals surface area contributed by atoms with E-state index in [9.17, 15) is 4.79 Å². The van der Waals surface area contributed by atoms with Crippen molar-refractivity contribution in [2.45, 2.75) is 13.5 Å². The summed E-state index contributed by atoms with van der Waals surface area (Å²) in [4.78, 5) is 16.9. The van der Waals surface area contributed by atoms with Gasteiger partial charge in [0, 0.05) is 11.9 Å². The van der Waals surface area contributed by atoms with E-state index in [4.69, 9.17) is 10.00 Å². The van der Waals surface area contributed by atoms with E-state index in [-0.39, 0.29) is 5.91 Å². The summed E-state index contributed by atoms with van der Waals surface area (Å²) in [6.07, 6.45) is 0. The highest BCUT2D eigenvalue weighted by molar-refractivity contribution is 5.95. The number of nitrogens with zero attached hydrogens (tertiary/aromatic N) is 2. The van der Waals surface area contributed by atoms with Crippen molar-refractivity contribution >= 4 is 16.8 Å². The van der Waals surface area contributed by atoms with Gasteiger partial charge in [-0.2, -0.15) is 5.26 Å². The highest BCUT2D eigenvalue weighted by Gasteiger charge is 2.09. The summed E-state index contributed by atoms with van der Waals surface area (Å²) >= 11 is 0. The number of rotatable bonds is 5. The Kier molecular flexibility index (Phi) is 5.40. The van der Waals surface area contributed by atoms with Crippen molar-refractivity contribution in [3.05, 3.63) is 101 Å². The van der Waals surface area contributed by atoms with E-state index in [1.165, 1.54) is 5.56 Å². The molecule has 0 saturated heterocycles. The molecule has 5 heteroatoms. The Labute approximate surface area is 174 Å². The first-order valence-corrected chi connectivity index (χ1v) is 9.53. The lowest BCUT2D eigenvalue weighted by atomic mass is 10.1. The van der Waals surface area contributed by atoms with Crippen molar-refractivity contribution in [2.75, 3.05) is 0 Å². The van der Waals surface area contributed by atoms with E-state index in [0.717, 1.165) is 10.9 Å². The minimum atomic E-state index is -0.213. The summed E-state index contributed by atoms with van der Waals surface area (Å²) in [7, 11) is 0. The van der Waals surface area contributed by atoms with E-state index in [1.54, 1.807) is 30.3 Å². The molecule has 4 rings (SSSR count). The van der Waals surface area contributed by atoms with Gasteiger partial charge in [0.05, 0.1) is 17.1 Å². The number of hydrogen-bond donors (Lipinski definition) is 1. The van der Waals surface area contributed by atoms with Crippen LogP contribution in [0.3, 0.4) is 0 Å². The number of fused-ring (bicyclic) bond motifs is 1. The molecule has 1 aromatic heterocycles. The van der Waals surface area contributed by atoms with Gasteiger partial charge in [-0.15, -0.1) is 0 Å². The molecular weight excluding hydrogens is 374 g/mol. The highest BCUT2D eigenvalue weighted by atomic mass is 16.5. The molecule has 3 aromatic carbocycles. The van der Waals surface area contributed by atoms with Crippen molar-refractivity contribution in [3.8, 4) is 17.6 Å². The van der Waals surface area contributed by atoms with Crippen molar-refractivity contribution in [1.29, 1.82) is 5.26 Å². The number of aryl methyl sites for hydroxylation is 1. The van der Waals surface area contributed by atoms with Gasteiger partial charge in [0.15, 0.2) is 0 Å². The number of carbonyl (C=O) groups is 1. The van der Waals surface area contributed by atoms with Crippen LogP contribution in [0.4, 0.5) is 0 Å².